The highest BCUT2D eigenvalue weighted by Gasteiger charge is 2.22. The van der Waals surface area contributed by atoms with Crippen molar-refractivity contribution in [2.45, 2.75) is 33.6 Å². The second-order valence-electron chi connectivity index (χ2n) is 5.98. The lowest BCUT2D eigenvalue weighted by Crippen LogP contribution is -2.30. The zero-order valence-electron chi connectivity index (χ0n) is 17.4. The van der Waals surface area contributed by atoms with Gasteiger partial charge in [0.2, 0.25) is 5.71 Å². The van der Waals surface area contributed by atoms with Crippen LogP contribution >= 0.6 is 0 Å². The number of aromatic nitrogens is 1. The van der Waals surface area contributed by atoms with Crippen LogP contribution in [-0.4, -0.2) is 22.6 Å². The molecule has 23 heavy (non-hydrogen) atoms. The SMILES string of the molecule is [2H]C([2H])([2H])C([2H])(C)N1C=CN(c2c(C)ccc3c2oc2nc(C)ccc23)C1. The highest BCUT2D eigenvalue weighted by molar-refractivity contribution is 6.08. The van der Waals surface area contributed by atoms with Gasteiger partial charge in [0.1, 0.15) is 0 Å². The van der Waals surface area contributed by atoms with Crippen LogP contribution in [0.15, 0.2) is 41.1 Å². The van der Waals surface area contributed by atoms with E-state index in [1.807, 2.05) is 43.0 Å². The monoisotopic (exact) mass is 311 g/mol. The van der Waals surface area contributed by atoms with Gasteiger partial charge in [-0.3, -0.25) is 0 Å². The molecule has 4 rings (SSSR count). The minimum Gasteiger partial charge on any atom is -0.435 e. The molecule has 1 aromatic carbocycles. The summed E-state index contributed by atoms with van der Waals surface area (Å²) in [6, 6.07) is 6.28. The Morgan fingerprint density at radius 3 is 2.87 bits per heavy atom. The molecule has 0 fully saturated rings. The number of hydrogen-bond donors (Lipinski definition) is 0. The van der Waals surface area contributed by atoms with E-state index in [9.17, 15) is 0 Å². The Morgan fingerprint density at radius 1 is 1.22 bits per heavy atom. The van der Waals surface area contributed by atoms with E-state index in [1.54, 1.807) is 12.4 Å². The number of rotatable bonds is 2. The zero-order chi connectivity index (χ0) is 19.6. The lowest BCUT2D eigenvalue weighted by Gasteiger charge is -2.25. The third-order valence-electron chi connectivity index (χ3n) is 4.27. The van der Waals surface area contributed by atoms with Gasteiger partial charge in [0, 0.05) is 39.0 Å². The third-order valence-corrected chi connectivity index (χ3v) is 4.27. The summed E-state index contributed by atoms with van der Waals surface area (Å²) in [5.41, 5.74) is 4.06. The summed E-state index contributed by atoms with van der Waals surface area (Å²) in [5.74, 6) is 0. The van der Waals surface area contributed by atoms with Crippen molar-refractivity contribution < 1.29 is 9.90 Å². The van der Waals surface area contributed by atoms with Gasteiger partial charge in [-0.1, -0.05) is 12.1 Å². The van der Waals surface area contributed by atoms with Crippen molar-refractivity contribution >= 4 is 27.8 Å². The van der Waals surface area contributed by atoms with E-state index in [0.29, 0.717) is 5.71 Å². The van der Waals surface area contributed by atoms with E-state index < -0.39 is 12.9 Å². The van der Waals surface area contributed by atoms with Crippen molar-refractivity contribution in [1.82, 2.24) is 9.88 Å². The van der Waals surface area contributed by atoms with Crippen LogP contribution in [0.4, 0.5) is 5.69 Å². The molecule has 0 N–H and O–H groups in total. The van der Waals surface area contributed by atoms with Crippen molar-refractivity contribution in [3.63, 3.8) is 0 Å². The summed E-state index contributed by atoms with van der Waals surface area (Å²) >= 11 is 0. The number of nitrogens with zero attached hydrogens (tertiary/aromatic N) is 3. The lowest BCUT2D eigenvalue weighted by atomic mass is 10.1. The number of anilines is 1. The van der Waals surface area contributed by atoms with Crippen molar-refractivity contribution in [3.05, 3.63) is 47.9 Å². The predicted octanol–water partition coefficient (Wildman–Crippen LogP) is 4.56. The van der Waals surface area contributed by atoms with Crippen LogP contribution in [0.3, 0.4) is 0 Å². The quantitative estimate of drug-likeness (QED) is 0.694. The maximum Gasteiger partial charge on any atom is 0.227 e. The van der Waals surface area contributed by atoms with E-state index in [1.165, 1.54) is 11.8 Å². The molecule has 0 aliphatic carbocycles. The molecule has 1 aliphatic rings. The molecule has 0 saturated heterocycles. The number of furan rings is 1. The van der Waals surface area contributed by atoms with Crippen LogP contribution in [0.25, 0.3) is 22.1 Å². The summed E-state index contributed by atoms with van der Waals surface area (Å²) < 4.78 is 37.4. The first-order chi connectivity index (χ1) is 12.6. The van der Waals surface area contributed by atoms with Crippen LogP contribution in [0, 0.1) is 13.8 Å². The molecule has 1 unspecified atom stereocenters. The van der Waals surface area contributed by atoms with Gasteiger partial charge < -0.3 is 14.2 Å². The molecular formula is C19H21N3O. The van der Waals surface area contributed by atoms with E-state index in [-0.39, 0.29) is 6.67 Å². The van der Waals surface area contributed by atoms with Gasteiger partial charge in [0.05, 0.1) is 13.7 Å². The maximum atomic E-state index is 8.31. The second-order valence-corrected chi connectivity index (χ2v) is 5.98. The topological polar surface area (TPSA) is 32.5 Å². The molecule has 4 nitrogen and oxygen atoms in total. The standard InChI is InChI=1S/C19H21N3O/c1-12(2)21-9-10-22(11-21)17-13(3)5-7-15-16-8-6-14(4)20-19(16)23-18(15)17/h5-10,12H,11H2,1-4H3/i1D3,12D. The van der Waals surface area contributed by atoms with Gasteiger partial charge in [-0.25, -0.2) is 4.98 Å². The van der Waals surface area contributed by atoms with E-state index >= 15 is 0 Å². The molecule has 118 valence electrons. The summed E-state index contributed by atoms with van der Waals surface area (Å²) in [4.78, 5) is 7.92. The Hall–Kier alpha value is -2.49. The van der Waals surface area contributed by atoms with Gasteiger partial charge in [0.15, 0.2) is 5.58 Å². The molecule has 0 saturated carbocycles. The Kier molecular flexibility index (Phi) is 2.25. The average molecular weight is 311 g/mol. The molecule has 1 aliphatic heterocycles. The molecule has 2 aromatic heterocycles. The Bertz CT molecular complexity index is 1070. The molecule has 3 heterocycles. The maximum absolute atomic E-state index is 8.31. The van der Waals surface area contributed by atoms with Crippen molar-refractivity contribution in [2.75, 3.05) is 11.6 Å². The summed E-state index contributed by atoms with van der Waals surface area (Å²) in [5, 5.41) is 1.92. The van der Waals surface area contributed by atoms with Crippen molar-refractivity contribution in [1.29, 1.82) is 0 Å². The fourth-order valence-corrected chi connectivity index (χ4v) is 3.04. The van der Waals surface area contributed by atoms with Crippen LogP contribution in [0.1, 0.15) is 30.5 Å². The molecule has 0 bridgehead atoms. The Morgan fingerprint density at radius 2 is 2.04 bits per heavy atom. The fraction of sp³-hybridized carbons (Fsp3) is 0.316. The number of benzene rings is 1. The first-order valence-corrected chi connectivity index (χ1v) is 7.61. The van der Waals surface area contributed by atoms with Crippen molar-refractivity contribution in [3.8, 4) is 0 Å². The third kappa shape index (κ3) is 2.17. The Balaban J connectivity index is 1.80. The highest BCUT2D eigenvalue weighted by atomic mass is 16.3. The molecule has 0 spiro atoms. The molecule has 0 amide bonds. The average Bonchev–Trinajstić information content (AvgIpc) is 3.18. The second kappa shape index (κ2) is 5.01. The van der Waals surface area contributed by atoms with Gasteiger partial charge in [-0.15, -0.1) is 0 Å². The van der Waals surface area contributed by atoms with Gasteiger partial charge in [-0.05, 0) is 45.3 Å². The van der Waals surface area contributed by atoms with E-state index in [0.717, 1.165) is 33.3 Å². The smallest absolute Gasteiger partial charge is 0.227 e. The molecule has 3 aromatic rings. The number of pyridine rings is 1. The van der Waals surface area contributed by atoms with Crippen LogP contribution in [0.5, 0.6) is 0 Å². The molecule has 1 atom stereocenters. The van der Waals surface area contributed by atoms with Crippen LogP contribution < -0.4 is 4.90 Å². The first-order valence-electron chi connectivity index (χ1n) is 9.61. The summed E-state index contributed by atoms with van der Waals surface area (Å²) in [7, 11) is 0. The van der Waals surface area contributed by atoms with Gasteiger partial charge in [-0.2, -0.15) is 0 Å². The minimum absolute atomic E-state index is 0.266. The van der Waals surface area contributed by atoms with E-state index in [2.05, 4.69) is 4.98 Å². The minimum atomic E-state index is -2.42. The largest absolute Gasteiger partial charge is 0.435 e. The van der Waals surface area contributed by atoms with Crippen LogP contribution in [-0.2, 0) is 0 Å². The first kappa shape index (κ1) is 10.3. The zero-order valence-corrected chi connectivity index (χ0v) is 13.4. The van der Waals surface area contributed by atoms with Crippen molar-refractivity contribution in [2.24, 2.45) is 0 Å². The molecular weight excluding hydrogens is 286 g/mol. The van der Waals surface area contributed by atoms with Gasteiger partial charge >= 0.3 is 0 Å². The predicted molar refractivity (Wildman–Crippen MR) is 94.5 cm³/mol. The van der Waals surface area contributed by atoms with E-state index in [4.69, 9.17) is 9.90 Å². The van der Waals surface area contributed by atoms with Gasteiger partial charge in [0.25, 0.3) is 0 Å². The van der Waals surface area contributed by atoms with Crippen LogP contribution in [0.2, 0.25) is 0 Å². The summed E-state index contributed by atoms with van der Waals surface area (Å²) in [6.45, 7) is 3.16. The Labute approximate surface area is 141 Å². The number of hydrogen-bond acceptors (Lipinski definition) is 4. The fourth-order valence-electron chi connectivity index (χ4n) is 3.04. The molecule has 4 heteroatoms. The highest BCUT2D eigenvalue weighted by Crippen LogP contribution is 2.38. The number of fused-ring (bicyclic) bond motifs is 3. The summed E-state index contributed by atoms with van der Waals surface area (Å²) in [6.07, 6.45) is 3.45. The molecule has 0 radical (unpaired) electrons. The lowest BCUT2D eigenvalue weighted by molar-refractivity contribution is 0.336. The number of aryl methyl sites for hydroxylation is 2. The normalized spacial score (nSPS) is 20.5.